The number of nitrogens with one attached hydrogen (secondary N) is 1. The minimum absolute atomic E-state index is 0.0304. The Labute approximate surface area is 162 Å². The van der Waals surface area contributed by atoms with Crippen molar-refractivity contribution in [3.05, 3.63) is 58.7 Å². The number of carbonyl (C=O) groups excluding carboxylic acids is 1. The second-order valence-electron chi connectivity index (χ2n) is 6.36. The van der Waals surface area contributed by atoms with Crippen LogP contribution in [0.3, 0.4) is 0 Å². The number of nitrogens with zero attached hydrogens (tertiary/aromatic N) is 2. The van der Waals surface area contributed by atoms with E-state index in [0.717, 1.165) is 26.7 Å². The number of benzene rings is 2. The van der Waals surface area contributed by atoms with Gasteiger partial charge in [0.15, 0.2) is 10.2 Å². The van der Waals surface area contributed by atoms with Crippen LogP contribution in [-0.4, -0.2) is 21.0 Å². The average Bonchev–Trinajstić information content (AvgIpc) is 3.06. The van der Waals surface area contributed by atoms with Crippen molar-refractivity contribution < 1.29 is 4.79 Å². The van der Waals surface area contributed by atoms with E-state index < -0.39 is 0 Å². The maximum Gasteiger partial charge on any atom is 0.234 e. The lowest BCUT2D eigenvalue weighted by atomic mass is 10.1. The van der Waals surface area contributed by atoms with E-state index in [2.05, 4.69) is 40.7 Å². The molecule has 0 saturated carbocycles. The Bertz CT molecular complexity index is 909. The minimum Gasteiger partial charge on any atom is -0.325 e. The van der Waals surface area contributed by atoms with E-state index in [1.807, 2.05) is 38.1 Å². The average molecular weight is 384 g/mol. The van der Waals surface area contributed by atoms with Crippen molar-refractivity contribution in [1.82, 2.24) is 9.36 Å². The Morgan fingerprint density at radius 1 is 1.04 bits per heavy atom. The first kappa shape index (κ1) is 18.6. The zero-order valence-electron chi connectivity index (χ0n) is 15.3. The van der Waals surface area contributed by atoms with Crippen LogP contribution in [0.2, 0.25) is 0 Å². The summed E-state index contributed by atoms with van der Waals surface area (Å²) in [6, 6.07) is 12.3. The zero-order chi connectivity index (χ0) is 18.7. The van der Waals surface area contributed by atoms with E-state index in [0.29, 0.717) is 11.6 Å². The molecule has 1 heterocycles. The van der Waals surface area contributed by atoms with Gasteiger partial charge in [-0.1, -0.05) is 59.3 Å². The second-order valence-corrected chi connectivity index (χ2v) is 8.33. The van der Waals surface area contributed by atoms with Gasteiger partial charge < -0.3 is 5.32 Å². The van der Waals surface area contributed by atoms with Crippen molar-refractivity contribution in [2.75, 3.05) is 11.1 Å². The number of amides is 1. The summed E-state index contributed by atoms with van der Waals surface area (Å²) in [4.78, 5) is 16.8. The van der Waals surface area contributed by atoms with Gasteiger partial charge in [-0.3, -0.25) is 4.79 Å². The molecule has 0 fully saturated rings. The topological polar surface area (TPSA) is 54.9 Å². The summed E-state index contributed by atoms with van der Waals surface area (Å²) in [5.41, 5.74) is 6.46. The molecule has 1 N–H and O–H groups in total. The molecule has 3 rings (SSSR count). The van der Waals surface area contributed by atoms with Crippen molar-refractivity contribution in [3.8, 4) is 11.4 Å². The summed E-state index contributed by atoms with van der Waals surface area (Å²) in [6.07, 6.45) is 0. The summed E-state index contributed by atoms with van der Waals surface area (Å²) in [6.45, 7) is 8.14. The lowest BCUT2D eigenvalue weighted by Gasteiger charge is -2.12. The van der Waals surface area contributed by atoms with Gasteiger partial charge in [0.1, 0.15) is 0 Å². The van der Waals surface area contributed by atoms with Crippen LogP contribution < -0.4 is 5.32 Å². The van der Waals surface area contributed by atoms with Crippen LogP contribution in [0.25, 0.3) is 11.4 Å². The monoisotopic (exact) mass is 383 g/mol. The van der Waals surface area contributed by atoms with Crippen molar-refractivity contribution in [2.45, 2.75) is 32.0 Å². The molecule has 0 aliphatic heterocycles. The van der Waals surface area contributed by atoms with Crippen LogP contribution in [0.5, 0.6) is 0 Å². The Morgan fingerprint density at radius 2 is 1.69 bits per heavy atom. The third-order valence-electron chi connectivity index (χ3n) is 3.99. The van der Waals surface area contributed by atoms with Gasteiger partial charge in [0.2, 0.25) is 5.91 Å². The summed E-state index contributed by atoms with van der Waals surface area (Å²) >= 11 is 2.74. The quantitative estimate of drug-likeness (QED) is 0.618. The Hall–Kier alpha value is -2.18. The Kier molecular flexibility index (Phi) is 5.74. The molecule has 0 aliphatic rings. The first-order valence-electron chi connectivity index (χ1n) is 8.33. The van der Waals surface area contributed by atoms with Crippen LogP contribution in [0.15, 0.2) is 40.7 Å². The fourth-order valence-electron chi connectivity index (χ4n) is 2.77. The normalized spacial score (nSPS) is 10.8. The van der Waals surface area contributed by atoms with E-state index >= 15 is 0 Å². The molecular weight excluding hydrogens is 362 g/mol. The minimum atomic E-state index is -0.0304. The molecule has 0 atom stereocenters. The van der Waals surface area contributed by atoms with Gasteiger partial charge in [0, 0.05) is 11.3 Å². The van der Waals surface area contributed by atoms with Crippen molar-refractivity contribution in [2.24, 2.45) is 0 Å². The van der Waals surface area contributed by atoms with Gasteiger partial charge in [0.05, 0.1) is 5.75 Å². The summed E-state index contributed by atoms with van der Waals surface area (Å²) in [5, 5.41) is 3.02. The molecule has 1 aromatic heterocycles. The van der Waals surface area contributed by atoms with Crippen LogP contribution in [0, 0.1) is 27.7 Å². The standard InChI is InChI=1S/C20H21N3OS2/c1-12-5-7-16(8-6-12)19-22-20(26-23-19)25-11-17(24)21-18-14(3)9-13(2)10-15(18)4/h5-10H,11H2,1-4H3,(H,21,24). The Balaban J connectivity index is 1.61. The highest BCUT2D eigenvalue weighted by molar-refractivity contribution is 8.01. The molecule has 134 valence electrons. The number of thioether (sulfide) groups is 1. The van der Waals surface area contributed by atoms with Crippen LogP contribution >= 0.6 is 23.3 Å². The molecule has 0 unspecified atom stereocenters. The maximum atomic E-state index is 12.3. The van der Waals surface area contributed by atoms with Gasteiger partial charge in [-0.25, -0.2) is 4.98 Å². The predicted molar refractivity (Wildman–Crippen MR) is 110 cm³/mol. The highest BCUT2D eigenvalue weighted by atomic mass is 32.2. The molecule has 2 aromatic carbocycles. The first-order valence-corrected chi connectivity index (χ1v) is 10.1. The van der Waals surface area contributed by atoms with Crippen LogP contribution in [0.1, 0.15) is 22.3 Å². The molecule has 0 spiro atoms. The number of anilines is 1. The maximum absolute atomic E-state index is 12.3. The molecule has 3 aromatic rings. The molecule has 26 heavy (non-hydrogen) atoms. The molecule has 0 radical (unpaired) electrons. The van der Waals surface area contributed by atoms with Crippen LogP contribution in [-0.2, 0) is 4.79 Å². The van der Waals surface area contributed by atoms with Crippen LogP contribution in [0.4, 0.5) is 5.69 Å². The van der Waals surface area contributed by atoms with Gasteiger partial charge in [-0.15, -0.1) is 0 Å². The van der Waals surface area contributed by atoms with E-state index in [-0.39, 0.29) is 5.91 Å². The highest BCUT2D eigenvalue weighted by Gasteiger charge is 2.12. The smallest absolute Gasteiger partial charge is 0.234 e. The number of hydrogen-bond acceptors (Lipinski definition) is 5. The molecule has 0 aliphatic carbocycles. The predicted octanol–water partition coefficient (Wildman–Crippen LogP) is 5.17. The molecule has 1 amide bonds. The fraction of sp³-hybridized carbons (Fsp3) is 0.250. The number of aromatic nitrogens is 2. The fourth-order valence-corrected chi connectivity index (χ4v) is 4.18. The summed E-state index contributed by atoms with van der Waals surface area (Å²) < 4.78 is 5.19. The molecule has 6 heteroatoms. The first-order chi connectivity index (χ1) is 12.4. The number of aryl methyl sites for hydroxylation is 4. The molecular formula is C20H21N3OS2. The van der Waals surface area contributed by atoms with E-state index in [4.69, 9.17) is 0 Å². The van der Waals surface area contributed by atoms with Gasteiger partial charge >= 0.3 is 0 Å². The number of carbonyl (C=O) groups is 1. The van der Waals surface area contributed by atoms with Gasteiger partial charge in [-0.05, 0) is 50.4 Å². The summed E-state index contributed by atoms with van der Waals surface area (Å²) in [5.74, 6) is 0.996. The highest BCUT2D eigenvalue weighted by Crippen LogP contribution is 2.26. The molecule has 4 nitrogen and oxygen atoms in total. The van der Waals surface area contributed by atoms with Crippen molar-refractivity contribution in [3.63, 3.8) is 0 Å². The van der Waals surface area contributed by atoms with E-state index in [1.54, 1.807) is 0 Å². The molecule has 0 bridgehead atoms. The zero-order valence-corrected chi connectivity index (χ0v) is 16.9. The number of rotatable bonds is 5. The number of hydrogen-bond donors (Lipinski definition) is 1. The SMILES string of the molecule is Cc1ccc(-c2nsc(SCC(=O)Nc3c(C)cc(C)cc3C)n2)cc1. The third-order valence-corrected chi connectivity index (χ3v) is 5.82. The second kappa shape index (κ2) is 8.01. The van der Waals surface area contributed by atoms with E-state index in [9.17, 15) is 4.79 Å². The lowest BCUT2D eigenvalue weighted by Crippen LogP contribution is -2.15. The van der Waals surface area contributed by atoms with Crippen molar-refractivity contribution >= 4 is 34.9 Å². The third kappa shape index (κ3) is 4.51. The van der Waals surface area contributed by atoms with E-state index in [1.165, 1.54) is 34.4 Å². The Morgan fingerprint density at radius 3 is 2.35 bits per heavy atom. The van der Waals surface area contributed by atoms with Crippen molar-refractivity contribution in [1.29, 1.82) is 0 Å². The van der Waals surface area contributed by atoms with Gasteiger partial charge in [-0.2, -0.15) is 4.37 Å². The van der Waals surface area contributed by atoms with Gasteiger partial charge in [0.25, 0.3) is 0 Å². The lowest BCUT2D eigenvalue weighted by molar-refractivity contribution is -0.113. The molecule has 0 saturated heterocycles. The summed E-state index contributed by atoms with van der Waals surface area (Å²) in [7, 11) is 0. The largest absolute Gasteiger partial charge is 0.325 e.